The fraction of sp³-hybridized carbons (Fsp3) is 0.167. The van der Waals surface area contributed by atoms with E-state index in [9.17, 15) is 10.1 Å². The number of methoxy groups -OCH3 is 1. The van der Waals surface area contributed by atoms with E-state index in [-0.39, 0.29) is 17.3 Å². The molecule has 0 bridgehead atoms. The van der Waals surface area contributed by atoms with Gasteiger partial charge in [0.1, 0.15) is 5.69 Å². The molecule has 12 heavy (non-hydrogen) atoms. The van der Waals surface area contributed by atoms with Crippen LogP contribution in [-0.2, 0) is 0 Å². The fourth-order valence-electron chi connectivity index (χ4n) is 0.782. The van der Waals surface area contributed by atoms with Crippen molar-refractivity contribution in [2.75, 3.05) is 12.8 Å². The lowest BCUT2D eigenvalue weighted by Gasteiger charge is -2.00. The summed E-state index contributed by atoms with van der Waals surface area (Å²) in [6.45, 7) is 0. The van der Waals surface area contributed by atoms with Gasteiger partial charge in [-0.3, -0.25) is 10.1 Å². The predicted molar refractivity (Wildman–Crippen MR) is 41.9 cm³/mol. The highest BCUT2D eigenvalue weighted by Crippen LogP contribution is 2.29. The molecule has 0 aliphatic carbocycles. The summed E-state index contributed by atoms with van der Waals surface area (Å²) in [6.07, 6.45) is 1.35. The highest BCUT2D eigenvalue weighted by molar-refractivity contribution is 5.62. The number of hydrogen-bond donors (Lipinski definition) is 1. The van der Waals surface area contributed by atoms with Gasteiger partial charge in [0.2, 0.25) is 0 Å². The van der Waals surface area contributed by atoms with E-state index in [1.165, 1.54) is 19.4 Å². The molecule has 2 N–H and O–H groups in total. The molecule has 0 saturated carbocycles. The molecule has 0 amide bonds. The zero-order chi connectivity index (χ0) is 9.14. The van der Waals surface area contributed by atoms with Gasteiger partial charge in [-0.2, -0.15) is 0 Å². The van der Waals surface area contributed by atoms with E-state index in [4.69, 9.17) is 5.73 Å². The van der Waals surface area contributed by atoms with Gasteiger partial charge in [-0.15, -0.1) is 0 Å². The second kappa shape index (κ2) is 3.04. The topological polar surface area (TPSA) is 91.3 Å². The van der Waals surface area contributed by atoms with Crippen LogP contribution < -0.4 is 10.5 Å². The number of hydrogen-bond acceptors (Lipinski definition) is 5. The third-order valence-corrected chi connectivity index (χ3v) is 1.30. The first-order valence-electron chi connectivity index (χ1n) is 3.09. The Morgan fingerprint density at radius 3 is 2.83 bits per heavy atom. The van der Waals surface area contributed by atoms with Gasteiger partial charge in [0, 0.05) is 6.20 Å². The maximum Gasteiger partial charge on any atom is 0.353 e. The first-order chi connectivity index (χ1) is 5.66. The molecule has 1 rings (SSSR count). The molecule has 0 aromatic carbocycles. The van der Waals surface area contributed by atoms with Gasteiger partial charge < -0.3 is 10.5 Å². The van der Waals surface area contributed by atoms with E-state index in [0.29, 0.717) is 0 Å². The van der Waals surface area contributed by atoms with Crippen molar-refractivity contribution >= 4 is 11.4 Å². The Bertz CT molecular complexity index is 313. The van der Waals surface area contributed by atoms with E-state index in [2.05, 4.69) is 9.72 Å². The van der Waals surface area contributed by atoms with Gasteiger partial charge in [-0.1, -0.05) is 0 Å². The summed E-state index contributed by atoms with van der Waals surface area (Å²) in [7, 11) is 1.30. The van der Waals surface area contributed by atoms with Gasteiger partial charge in [0.05, 0.1) is 12.0 Å². The van der Waals surface area contributed by atoms with Crippen molar-refractivity contribution in [3.8, 4) is 5.88 Å². The molecule has 0 atom stereocenters. The van der Waals surface area contributed by atoms with E-state index in [0.717, 1.165) is 0 Å². The van der Waals surface area contributed by atoms with Gasteiger partial charge in [0.25, 0.3) is 5.88 Å². The summed E-state index contributed by atoms with van der Waals surface area (Å²) < 4.78 is 4.65. The smallest absolute Gasteiger partial charge is 0.353 e. The first-order valence-corrected chi connectivity index (χ1v) is 3.09. The number of nitrogens with two attached hydrogens (primary N) is 1. The first kappa shape index (κ1) is 8.25. The average molecular weight is 169 g/mol. The maximum absolute atomic E-state index is 10.4. The van der Waals surface area contributed by atoms with Gasteiger partial charge in [-0.05, 0) is 6.07 Å². The molecule has 0 unspecified atom stereocenters. The van der Waals surface area contributed by atoms with Crippen LogP contribution in [0.2, 0.25) is 0 Å². The number of nitro groups is 1. The normalized spacial score (nSPS) is 9.42. The van der Waals surface area contributed by atoms with E-state index < -0.39 is 4.92 Å². The zero-order valence-corrected chi connectivity index (χ0v) is 6.35. The Morgan fingerprint density at radius 2 is 2.42 bits per heavy atom. The van der Waals surface area contributed by atoms with Crippen LogP contribution in [-0.4, -0.2) is 17.0 Å². The molecule has 1 heterocycles. The molecule has 64 valence electrons. The number of anilines is 1. The molecule has 1 aromatic heterocycles. The Morgan fingerprint density at radius 1 is 1.75 bits per heavy atom. The van der Waals surface area contributed by atoms with Crippen molar-refractivity contribution in [2.24, 2.45) is 0 Å². The van der Waals surface area contributed by atoms with Crippen LogP contribution in [0, 0.1) is 10.1 Å². The molecule has 0 spiro atoms. The van der Waals surface area contributed by atoms with Crippen molar-refractivity contribution in [1.82, 2.24) is 4.98 Å². The summed E-state index contributed by atoms with van der Waals surface area (Å²) in [5.41, 5.74) is 5.09. The maximum atomic E-state index is 10.4. The average Bonchev–Trinajstić information content (AvgIpc) is 2.03. The fourth-order valence-corrected chi connectivity index (χ4v) is 0.782. The molecule has 0 radical (unpaired) electrons. The minimum atomic E-state index is -0.624. The van der Waals surface area contributed by atoms with Crippen molar-refractivity contribution in [1.29, 1.82) is 0 Å². The molecule has 0 aliphatic rings. The van der Waals surface area contributed by atoms with Crippen LogP contribution >= 0.6 is 0 Å². The lowest BCUT2D eigenvalue weighted by Crippen LogP contribution is -2.00. The third-order valence-electron chi connectivity index (χ3n) is 1.30. The van der Waals surface area contributed by atoms with Crippen LogP contribution in [0.15, 0.2) is 12.3 Å². The Kier molecular flexibility index (Phi) is 2.09. The summed E-state index contributed by atoms with van der Waals surface area (Å²) in [6, 6.07) is 1.35. The summed E-state index contributed by atoms with van der Waals surface area (Å²) in [5.74, 6) is -0.0694. The van der Waals surface area contributed by atoms with Gasteiger partial charge in [-0.25, -0.2) is 4.98 Å². The summed E-state index contributed by atoms with van der Waals surface area (Å²) >= 11 is 0. The minimum absolute atomic E-state index is 0.0480. The number of aromatic nitrogens is 1. The number of ether oxygens (including phenoxy) is 1. The molecule has 0 fully saturated rings. The van der Waals surface area contributed by atoms with Gasteiger partial charge >= 0.3 is 5.69 Å². The van der Waals surface area contributed by atoms with Crippen molar-refractivity contribution in [3.05, 3.63) is 22.4 Å². The molecule has 6 heteroatoms. The quantitative estimate of drug-likeness (QED) is 0.516. The molecule has 0 aliphatic heterocycles. The summed E-state index contributed by atoms with van der Waals surface area (Å²) in [4.78, 5) is 13.4. The number of nitrogen functional groups attached to an aromatic ring is 1. The van der Waals surface area contributed by atoms with Crippen molar-refractivity contribution in [3.63, 3.8) is 0 Å². The largest absolute Gasteiger partial charge is 0.476 e. The molecular weight excluding hydrogens is 162 g/mol. The Labute approximate surface area is 68.1 Å². The zero-order valence-electron chi connectivity index (χ0n) is 6.35. The lowest BCUT2D eigenvalue weighted by molar-refractivity contribution is -0.385. The predicted octanol–water partition coefficient (Wildman–Crippen LogP) is 0.581. The van der Waals surface area contributed by atoms with Crippen LogP contribution in [0.3, 0.4) is 0 Å². The second-order valence-electron chi connectivity index (χ2n) is 2.02. The van der Waals surface area contributed by atoms with E-state index in [1.807, 2.05) is 0 Å². The monoisotopic (exact) mass is 169 g/mol. The number of rotatable bonds is 2. The van der Waals surface area contributed by atoms with Crippen LogP contribution in [0.5, 0.6) is 5.88 Å². The van der Waals surface area contributed by atoms with Crippen LogP contribution in [0.4, 0.5) is 11.4 Å². The summed E-state index contributed by atoms with van der Waals surface area (Å²) in [5, 5.41) is 10.4. The Balaban J connectivity index is 3.29. The molecule has 1 aromatic rings. The standard InChI is InChI=1S/C6H7N3O3/c1-12-6-5(9(10)11)4(7)2-3-8-6/h2-3H,1H3,(H2,7,8). The van der Waals surface area contributed by atoms with Crippen molar-refractivity contribution < 1.29 is 9.66 Å². The molecule has 6 nitrogen and oxygen atoms in total. The van der Waals surface area contributed by atoms with Gasteiger partial charge in [0.15, 0.2) is 0 Å². The van der Waals surface area contributed by atoms with E-state index in [1.54, 1.807) is 0 Å². The van der Waals surface area contributed by atoms with Crippen LogP contribution in [0.25, 0.3) is 0 Å². The highest BCUT2D eigenvalue weighted by atomic mass is 16.6. The van der Waals surface area contributed by atoms with Crippen LogP contribution in [0.1, 0.15) is 0 Å². The van der Waals surface area contributed by atoms with E-state index >= 15 is 0 Å². The minimum Gasteiger partial charge on any atom is -0.476 e. The number of nitrogens with zero attached hydrogens (tertiary/aromatic N) is 2. The highest BCUT2D eigenvalue weighted by Gasteiger charge is 2.19. The lowest BCUT2D eigenvalue weighted by atomic mass is 10.3. The van der Waals surface area contributed by atoms with Crippen molar-refractivity contribution in [2.45, 2.75) is 0 Å². The third kappa shape index (κ3) is 1.26. The second-order valence-corrected chi connectivity index (χ2v) is 2.02. The number of pyridine rings is 1. The SMILES string of the molecule is COc1nccc(N)c1[N+](=O)[O-]. The molecular formula is C6H7N3O3. The Hall–Kier alpha value is -1.85. The molecule has 0 saturated heterocycles.